The Bertz CT molecular complexity index is 1010. The number of nitrogens with one attached hydrogen (secondary N) is 1. The Kier molecular flexibility index (Phi) is 5.95. The highest BCUT2D eigenvalue weighted by molar-refractivity contribution is 14.1. The average Bonchev–Trinajstić information content (AvgIpc) is 2.95. The number of para-hydroxylation sites is 1. The maximum absolute atomic E-state index is 12.2. The van der Waals surface area contributed by atoms with Crippen molar-refractivity contribution in [1.82, 2.24) is 9.99 Å². The lowest BCUT2D eigenvalue weighted by molar-refractivity contribution is 0.0955. The molecule has 3 rings (SSSR count). The molecule has 0 spiro atoms. The molecule has 5 nitrogen and oxygen atoms in total. The molecule has 0 aliphatic carbocycles. The van der Waals surface area contributed by atoms with E-state index in [-0.39, 0.29) is 5.91 Å². The van der Waals surface area contributed by atoms with Crippen molar-refractivity contribution in [2.45, 2.75) is 13.8 Å². The van der Waals surface area contributed by atoms with Crippen LogP contribution in [0.3, 0.4) is 0 Å². The molecule has 0 aliphatic rings. The number of carbonyl (C=O) groups is 1. The summed E-state index contributed by atoms with van der Waals surface area (Å²) < 4.78 is 8.50. The minimum atomic E-state index is -0.281. The lowest BCUT2D eigenvalue weighted by atomic mass is 10.2. The Hall–Kier alpha value is -2.61. The number of amides is 1. The summed E-state index contributed by atoms with van der Waals surface area (Å²) in [7, 11) is 1.57. The normalized spacial score (nSPS) is 11.0. The van der Waals surface area contributed by atoms with Gasteiger partial charge in [-0.2, -0.15) is 5.10 Å². The molecule has 0 aliphatic heterocycles. The lowest BCUT2D eigenvalue weighted by Crippen LogP contribution is -2.17. The van der Waals surface area contributed by atoms with Crippen LogP contribution >= 0.6 is 22.6 Å². The summed E-state index contributed by atoms with van der Waals surface area (Å²) >= 11 is 2.33. The summed E-state index contributed by atoms with van der Waals surface area (Å²) in [6.07, 6.45) is 1.67. The van der Waals surface area contributed by atoms with Crippen molar-refractivity contribution in [2.24, 2.45) is 5.10 Å². The van der Waals surface area contributed by atoms with Crippen molar-refractivity contribution in [3.8, 4) is 11.4 Å². The Labute approximate surface area is 172 Å². The van der Waals surface area contributed by atoms with E-state index in [2.05, 4.69) is 62.8 Å². The van der Waals surface area contributed by atoms with E-state index in [1.54, 1.807) is 37.6 Å². The largest absolute Gasteiger partial charge is 0.497 e. The minimum Gasteiger partial charge on any atom is -0.497 e. The van der Waals surface area contributed by atoms with Crippen LogP contribution < -0.4 is 10.2 Å². The molecule has 0 radical (unpaired) electrons. The third-order valence-corrected chi connectivity index (χ3v) is 5.18. The zero-order valence-electron chi connectivity index (χ0n) is 15.4. The van der Waals surface area contributed by atoms with E-state index < -0.39 is 0 Å². The fraction of sp³-hybridized carbons (Fsp3) is 0.143. The van der Waals surface area contributed by atoms with Crippen molar-refractivity contribution >= 4 is 34.7 Å². The predicted molar refractivity (Wildman–Crippen MR) is 116 cm³/mol. The van der Waals surface area contributed by atoms with Gasteiger partial charge in [0.25, 0.3) is 5.91 Å². The zero-order valence-corrected chi connectivity index (χ0v) is 17.5. The summed E-state index contributed by atoms with van der Waals surface area (Å²) in [6, 6.07) is 17.2. The Morgan fingerprint density at radius 2 is 1.93 bits per heavy atom. The molecule has 1 heterocycles. The number of hydrazone groups is 1. The molecule has 0 saturated carbocycles. The fourth-order valence-electron chi connectivity index (χ4n) is 2.91. The molecule has 3 aromatic rings. The third kappa shape index (κ3) is 4.21. The van der Waals surface area contributed by atoms with E-state index in [0.717, 1.165) is 22.6 Å². The van der Waals surface area contributed by atoms with Crippen LogP contribution in [-0.4, -0.2) is 23.8 Å². The highest BCUT2D eigenvalue weighted by atomic mass is 127. The van der Waals surface area contributed by atoms with Gasteiger partial charge in [-0.25, -0.2) is 5.43 Å². The van der Waals surface area contributed by atoms with Crippen molar-refractivity contribution < 1.29 is 9.53 Å². The van der Waals surface area contributed by atoms with Crippen molar-refractivity contribution in [2.75, 3.05) is 7.11 Å². The maximum Gasteiger partial charge on any atom is 0.271 e. The topological polar surface area (TPSA) is 55.6 Å². The first kappa shape index (κ1) is 19.2. The Morgan fingerprint density at radius 1 is 1.15 bits per heavy atom. The van der Waals surface area contributed by atoms with Crippen LogP contribution in [0.1, 0.15) is 27.3 Å². The summed E-state index contributed by atoms with van der Waals surface area (Å²) in [6.45, 7) is 4.10. The van der Waals surface area contributed by atoms with Crippen LogP contribution in [0.5, 0.6) is 5.75 Å². The van der Waals surface area contributed by atoms with Crippen molar-refractivity contribution in [1.29, 1.82) is 0 Å². The summed E-state index contributed by atoms with van der Waals surface area (Å²) in [5.74, 6) is 0.351. The molecule has 138 valence electrons. The van der Waals surface area contributed by atoms with Gasteiger partial charge < -0.3 is 9.30 Å². The second kappa shape index (κ2) is 8.39. The summed E-state index contributed by atoms with van der Waals surface area (Å²) in [5, 5.41) is 4.12. The van der Waals surface area contributed by atoms with Crippen LogP contribution in [0.15, 0.2) is 59.7 Å². The molecule has 2 aromatic carbocycles. The van der Waals surface area contributed by atoms with Crippen LogP contribution in [-0.2, 0) is 0 Å². The van der Waals surface area contributed by atoms with E-state index in [0.29, 0.717) is 11.3 Å². The zero-order chi connectivity index (χ0) is 19.4. The van der Waals surface area contributed by atoms with E-state index in [1.165, 1.54) is 3.57 Å². The fourth-order valence-corrected chi connectivity index (χ4v) is 3.54. The number of halogens is 1. The van der Waals surface area contributed by atoms with Crippen molar-refractivity contribution in [3.63, 3.8) is 0 Å². The lowest BCUT2D eigenvalue weighted by Gasteiger charge is -2.11. The molecule has 0 bridgehead atoms. The van der Waals surface area contributed by atoms with Gasteiger partial charge in [-0.3, -0.25) is 4.79 Å². The number of benzene rings is 2. The number of aromatic nitrogens is 1. The van der Waals surface area contributed by atoms with Gasteiger partial charge in [-0.15, -0.1) is 0 Å². The molecule has 27 heavy (non-hydrogen) atoms. The molecule has 0 atom stereocenters. The molecular weight excluding hydrogens is 453 g/mol. The first-order chi connectivity index (χ1) is 13.0. The quantitative estimate of drug-likeness (QED) is 0.338. The number of hydrogen-bond donors (Lipinski definition) is 1. The first-order valence-electron chi connectivity index (χ1n) is 8.42. The molecule has 1 N–H and O–H groups in total. The summed E-state index contributed by atoms with van der Waals surface area (Å²) in [4.78, 5) is 12.2. The third-order valence-electron chi connectivity index (χ3n) is 4.27. The van der Waals surface area contributed by atoms with Crippen molar-refractivity contribution in [3.05, 3.63) is 80.7 Å². The molecule has 1 aromatic heterocycles. The molecule has 0 fully saturated rings. The highest BCUT2D eigenvalue weighted by Crippen LogP contribution is 2.23. The van der Waals surface area contributed by atoms with Gasteiger partial charge in [0.2, 0.25) is 0 Å². The minimum absolute atomic E-state index is 0.281. The van der Waals surface area contributed by atoms with E-state index >= 15 is 0 Å². The van der Waals surface area contributed by atoms with Gasteiger partial charge >= 0.3 is 0 Å². The molecule has 0 saturated heterocycles. The first-order valence-corrected chi connectivity index (χ1v) is 9.50. The number of hydrogen-bond acceptors (Lipinski definition) is 3. The number of aryl methyl sites for hydroxylation is 1. The Morgan fingerprint density at radius 3 is 2.67 bits per heavy atom. The van der Waals surface area contributed by atoms with Crippen LogP contribution in [0.4, 0.5) is 0 Å². The average molecular weight is 473 g/mol. The molecule has 6 heteroatoms. The highest BCUT2D eigenvalue weighted by Gasteiger charge is 2.11. The predicted octanol–water partition coefficient (Wildman–Crippen LogP) is 4.47. The van der Waals surface area contributed by atoms with Gasteiger partial charge in [0, 0.05) is 26.1 Å². The molecular formula is C21H20IN3O2. The second-order valence-corrected chi connectivity index (χ2v) is 7.21. The SMILES string of the molecule is COc1cccc(C(=O)N/N=C\c2cc(C)n(-c3ccccc3I)c2C)c1. The number of ether oxygens (including phenoxy) is 1. The van der Waals surface area contributed by atoms with Gasteiger partial charge in [0.1, 0.15) is 5.75 Å². The second-order valence-electron chi connectivity index (χ2n) is 6.04. The number of carbonyl (C=O) groups excluding carboxylic acids is 1. The molecule has 0 unspecified atom stereocenters. The van der Waals surface area contributed by atoms with E-state index in [1.807, 2.05) is 19.1 Å². The van der Waals surface area contributed by atoms with Crippen LogP contribution in [0, 0.1) is 17.4 Å². The number of rotatable bonds is 5. The molecule has 1 amide bonds. The van der Waals surface area contributed by atoms with E-state index in [9.17, 15) is 4.79 Å². The Balaban J connectivity index is 1.79. The van der Waals surface area contributed by atoms with Crippen LogP contribution in [0.25, 0.3) is 5.69 Å². The van der Waals surface area contributed by atoms with Crippen LogP contribution in [0.2, 0.25) is 0 Å². The van der Waals surface area contributed by atoms with E-state index in [4.69, 9.17) is 4.74 Å². The van der Waals surface area contributed by atoms with Gasteiger partial charge in [-0.1, -0.05) is 18.2 Å². The summed E-state index contributed by atoms with van der Waals surface area (Å²) in [5.41, 5.74) is 7.33. The monoisotopic (exact) mass is 473 g/mol. The van der Waals surface area contributed by atoms with Gasteiger partial charge in [0.15, 0.2) is 0 Å². The standard InChI is InChI=1S/C21H20IN3O2/c1-14-11-17(15(2)25(14)20-10-5-4-9-19(20)22)13-23-24-21(26)16-7-6-8-18(12-16)27-3/h4-13H,1-3H3,(H,24,26)/b23-13-. The van der Waals surface area contributed by atoms with Gasteiger partial charge in [-0.05, 0) is 72.8 Å². The maximum atomic E-state index is 12.2. The smallest absolute Gasteiger partial charge is 0.271 e. The number of nitrogens with zero attached hydrogens (tertiary/aromatic N) is 2. The van der Waals surface area contributed by atoms with Gasteiger partial charge in [0.05, 0.1) is 19.0 Å². The number of methoxy groups -OCH3 is 1.